The van der Waals surface area contributed by atoms with Crippen molar-refractivity contribution in [3.8, 4) is 5.75 Å². The summed E-state index contributed by atoms with van der Waals surface area (Å²) in [7, 11) is 2.90. The minimum atomic E-state index is -0.382. The molecular formula is C17H25NO5. The molecule has 6 nitrogen and oxygen atoms in total. The number of amides is 1. The van der Waals surface area contributed by atoms with Gasteiger partial charge in [0.15, 0.2) is 0 Å². The minimum absolute atomic E-state index is 0.343. The molecular weight excluding hydrogens is 298 g/mol. The van der Waals surface area contributed by atoms with E-state index >= 15 is 0 Å². The third-order valence-corrected chi connectivity index (χ3v) is 3.70. The Hall–Kier alpha value is -2.08. The summed E-state index contributed by atoms with van der Waals surface area (Å²) < 4.78 is 10.1. The first-order valence-electron chi connectivity index (χ1n) is 7.81. The van der Waals surface area contributed by atoms with Gasteiger partial charge in [0.2, 0.25) is 5.91 Å². The van der Waals surface area contributed by atoms with Crippen LogP contribution in [0.15, 0.2) is 18.2 Å². The molecule has 6 heteroatoms. The molecule has 0 aliphatic rings. The molecule has 1 aromatic rings. The highest BCUT2D eigenvalue weighted by Gasteiger charge is 2.17. The van der Waals surface area contributed by atoms with E-state index in [0.29, 0.717) is 17.7 Å². The molecule has 1 aromatic carbocycles. The highest BCUT2D eigenvalue weighted by Crippen LogP contribution is 2.24. The maximum Gasteiger partial charge on any atom is 0.341 e. The van der Waals surface area contributed by atoms with Crippen LogP contribution in [0.5, 0.6) is 5.75 Å². The second kappa shape index (κ2) is 10.6. The molecule has 0 aliphatic carbocycles. The third kappa shape index (κ3) is 6.28. The number of nitrogens with one attached hydrogen (secondary N) is 1. The lowest BCUT2D eigenvalue weighted by Gasteiger charge is -2.12. The molecule has 0 heterocycles. The van der Waals surface area contributed by atoms with Crippen molar-refractivity contribution in [1.29, 1.82) is 0 Å². The number of benzene rings is 1. The molecule has 23 heavy (non-hydrogen) atoms. The standard InChI is InChI=1S/C17H25NO5/c1-22-14-11-8-10-13(16(14)17(20)23-2)9-6-4-3-5-7-12-15(19)18-21/h8,10-11,21H,3-7,9,12H2,1-2H3,(H,18,19). The van der Waals surface area contributed by atoms with Crippen LogP contribution in [0.1, 0.15) is 54.4 Å². The summed E-state index contributed by atoms with van der Waals surface area (Å²) in [5, 5.41) is 8.39. The van der Waals surface area contributed by atoms with E-state index in [4.69, 9.17) is 14.7 Å². The number of aryl methyl sites for hydroxylation is 1. The summed E-state index contributed by atoms with van der Waals surface area (Å²) in [6.07, 6.45) is 5.80. The van der Waals surface area contributed by atoms with Crippen molar-refractivity contribution < 1.29 is 24.3 Å². The molecule has 0 aromatic heterocycles. The SMILES string of the molecule is COC(=O)c1c(CCCCCCCC(=O)NO)cccc1OC. The highest BCUT2D eigenvalue weighted by atomic mass is 16.5. The summed E-state index contributed by atoms with van der Waals surface area (Å²) in [5.41, 5.74) is 3.05. The van der Waals surface area contributed by atoms with Gasteiger partial charge in [0.05, 0.1) is 14.2 Å². The molecule has 128 valence electrons. The van der Waals surface area contributed by atoms with Crippen LogP contribution in [-0.2, 0) is 16.0 Å². The van der Waals surface area contributed by atoms with Gasteiger partial charge in [-0.1, -0.05) is 31.4 Å². The Kier molecular flexibility index (Phi) is 8.75. The summed E-state index contributed by atoms with van der Waals surface area (Å²) >= 11 is 0. The molecule has 0 saturated carbocycles. The molecule has 0 aliphatic heterocycles. The van der Waals surface area contributed by atoms with E-state index in [1.165, 1.54) is 14.2 Å². The average molecular weight is 323 g/mol. The van der Waals surface area contributed by atoms with Gasteiger partial charge in [0.25, 0.3) is 0 Å². The topological polar surface area (TPSA) is 84.9 Å². The number of esters is 1. The van der Waals surface area contributed by atoms with Gasteiger partial charge in [-0.05, 0) is 30.9 Å². The van der Waals surface area contributed by atoms with Crippen molar-refractivity contribution in [1.82, 2.24) is 5.48 Å². The smallest absolute Gasteiger partial charge is 0.341 e. The van der Waals surface area contributed by atoms with Crippen LogP contribution in [-0.4, -0.2) is 31.3 Å². The van der Waals surface area contributed by atoms with Crippen molar-refractivity contribution >= 4 is 11.9 Å². The lowest BCUT2D eigenvalue weighted by atomic mass is 9.99. The minimum Gasteiger partial charge on any atom is -0.496 e. The molecule has 2 N–H and O–H groups in total. The van der Waals surface area contributed by atoms with E-state index in [1.807, 2.05) is 12.1 Å². The first kappa shape index (κ1) is 19.0. The molecule has 0 spiro atoms. The Labute approximate surface area is 136 Å². The lowest BCUT2D eigenvalue weighted by molar-refractivity contribution is -0.129. The lowest BCUT2D eigenvalue weighted by Crippen LogP contribution is -2.17. The van der Waals surface area contributed by atoms with Crippen LogP contribution >= 0.6 is 0 Å². The van der Waals surface area contributed by atoms with E-state index in [9.17, 15) is 9.59 Å². The number of unbranched alkanes of at least 4 members (excludes halogenated alkanes) is 4. The van der Waals surface area contributed by atoms with Gasteiger partial charge in [-0.3, -0.25) is 10.0 Å². The fraction of sp³-hybridized carbons (Fsp3) is 0.529. The molecule has 0 unspecified atom stereocenters. The summed E-state index contributed by atoms with van der Waals surface area (Å²) in [6.45, 7) is 0. The number of ether oxygens (including phenoxy) is 2. The Balaban J connectivity index is 2.43. The highest BCUT2D eigenvalue weighted by molar-refractivity contribution is 5.94. The molecule has 0 saturated heterocycles. The van der Waals surface area contributed by atoms with Crippen LogP contribution in [0.25, 0.3) is 0 Å². The molecule has 0 fully saturated rings. The quantitative estimate of drug-likeness (QED) is 0.299. The van der Waals surface area contributed by atoms with Crippen molar-refractivity contribution in [2.24, 2.45) is 0 Å². The Bertz CT molecular complexity index is 516. The zero-order valence-electron chi connectivity index (χ0n) is 13.8. The normalized spacial score (nSPS) is 10.2. The largest absolute Gasteiger partial charge is 0.496 e. The molecule has 0 bridgehead atoms. The van der Waals surface area contributed by atoms with Crippen LogP contribution in [0.4, 0.5) is 0 Å². The molecule has 1 amide bonds. The zero-order chi connectivity index (χ0) is 17.1. The first-order chi connectivity index (χ1) is 11.1. The maximum atomic E-state index is 11.9. The van der Waals surface area contributed by atoms with Crippen LogP contribution in [0.3, 0.4) is 0 Å². The summed E-state index contributed by atoms with van der Waals surface area (Å²) in [5.74, 6) is -0.194. The van der Waals surface area contributed by atoms with Crippen LogP contribution in [0.2, 0.25) is 0 Å². The fourth-order valence-electron chi connectivity index (χ4n) is 2.48. The number of hydroxylamine groups is 1. The Morgan fingerprint density at radius 2 is 1.78 bits per heavy atom. The van der Waals surface area contributed by atoms with E-state index in [0.717, 1.165) is 44.1 Å². The molecule has 0 atom stereocenters. The van der Waals surface area contributed by atoms with Gasteiger partial charge in [-0.2, -0.15) is 0 Å². The zero-order valence-corrected chi connectivity index (χ0v) is 13.8. The molecule has 1 rings (SSSR count). The van der Waals surface area contributed by atoms with Gasteiger partial charge in [-0.15, -0.1) is 0 Å². The monoisotopic (exact) mass is 323 g/mol. The van der Waals surface area contributed by atoms with E-state index < -0.39 is 0 Å². The van der Waals surface area contributed by atoms with E-state index in [-0.39, 0.29) is 11.9 Å². The predicted molar refractivity (Wildman–Crippen MR) is 85.7 cm³/mol. The van der Waals surface area contributed by atoms with Crippen molar-refractivity contribution in [2.45, 2.75) is 44.9 Å². The van der Waals surface area contributed by atoms with E-state index in [1.54, 1.807) is 11.5 Å². The summed E-state index contributed by atoms with van der Waals surface area (Å²) in [4.78, 5) is 22.8. The number of hydrogen-bond acceptors (Lipinski definition) is 5. The predicted octanol–water partition coefficient (Wildman–Crippen LogP) is 2.87. The van der Waals surface area contributed by atoms with Crippen LogP contribution < -0.4 is 10.2 Å². The van der Waals surface area contributed by atoms with E-state index in [2.05, 4.69) is 0 Å². The number of methoxy groups -OCH3 is 2. The number of rotatable bonds is 10. The second-order valence-corrected chi connectivity index (χ2v) is 5.29. The van der Waals surface area contributed by atoms with Gasteiger partial charge in [-0.25, -0.2) is 10.3 Å². The van der Waals surface area contributed by atoms with Crippen molar-refractivity contribution in [3.63, 3.8) is 0 Å². The second-order valence-electron chi connectivity index (χ2n) is 5.29. The van der Waals surface area contributed by atoms with Crippen molar-refractivity contribution in [2.75, 3.05) is 14.2 Å². The van der Waals surface area contributed by atoms with Gasteiger partial charge in [0.1, 0.15) is 11.3 Å². The number of carbonyl (C=O) groups is 2. The summed E-state index contributed by atoms with van der Waals surface area (Å²) in [6, 6.07) is 5.54. The Morgan fingerprint density at radius 1 is 1.09 bits per heavy atom. The third-order valence-electron chi connectivity index (χ3n) is 3.70. The van der Waals surface area contributed by atoms with Crippen LogP contribution in [0, 0.1) is 0 Å². The van der Waals surface area contributed by atoms with Gasteiger partial charge in [0, 0.05) is 6.42 Å². The maximum absolute atomic E-state index is 11.9. The van der Waals surface area contributed by atoms with Gasteiger partial charge < -0.3 is 9.47 Å². The van der Waals surface area contributed by atoms with Gasteiger partial charge >= 0.3 is 5.97 Å². The Morgan fingerprint density at radius 3 is 2.43 bits per heavy atom. The fourth-order valence-corrected chi connectivity index (χ4v) is 2.48. The van der Waals surface area contributed by atoms with Crippen molar-refractivity contribution in [3.05, 3.63) is 29.3 Å². The average Bonchev–Trinajstić information content (AvgIpc) is 2.59. The number of carbonyl (C=O) groups excluding carboxylic acids is 2. The molecule has 0 radical (unpaired) electrons. The first-order valence-corrected chi connectivity index (χ1v) is 7.81. The number of hydrogen-bond donors (Lipinski definition) is 2.